The normalized spacial score (nSPS) is 19.7. The molecule has 6 nitrogen and oxygen atoms in total. The molecule has 1 aliphatic rings. The molecule has 0 unspecified atom stereocenters. The van der Waals surface area contributed by atoms with E-state index in [2.05, 4.69) is 46.0 Å². The van der Waals surface area contributed by atoms with Gasteiger partial charge in [0.05, 0.1) is 10.5 Å². The Kier molecular flexibility index (Phi) is 3.46. The quantitative estimate of drug-likeness (QED) is 0.919. The van der Waals surface area contributed by atoms with Gasteiger partial charge in [0, 0.05) is 12.7 Å². The summed E-state index contributed by atoms with van der Waals surface area (Å²) in [5.74, 6) is 2.62. The summed E-state index contributed by atoms with van der Waals surface area (Å²) < 4.78 is 0.911. The second-order valence-electron chi connectivity index (χ2n) is 4.68. The zero-order chi connectivity index (χ0) is 13.2. The monoisotopic (exact) mass is 322 g/mol. The maximum atomic E-state index is 4.47. The number of hydrogen-bond donors (Lipinski definition) is 1. The fourth-order valence-electron chi connectivity index (χ4n) is 2.48. The van der Waals surface area contributed by atoms with Crippen molar-refractivity contribution in [3.8, 4) is 0 Å². The first kappa shape index (κ1) is 12.5. The molecule has 100 valence electrons. The van der Waals surface area contributed by atoms with Crippen LogP contribution >= 0.6 is 15.9 Å². The number of piperidine rings is 1. The molecule has 7 heteroatoms. The summed E-state index contributed by atoms with van der Waals surface area (Å²) in [6.07, 6.45) is 6.76. The Bertz CT molecular complexity index is 569. The number of H-pyrrole nitrogens is 1. The fraction of sp³-hybridized carbons (Fsp3) is 0.500. The van der Waals surface area contributed by atoms with Gasteiger partial charge in [-0.05, 0) is 42.1 Å². The highest BCUT2D eigenvalue weighted by Gasteiger charge is 2.29. The van der Waals surface area contributed by atoms with E-state index in [4.69, 9.17) is 0 Å². The van der Waals surface area contributed by atoms with Crippen molar-refractivity contribution in [2.75, 3.05) is 11.4 Å². The van der Waals surface area contributed by atoms with Crippen LogP contribution in [0.1, 0.15) is 37.0 Å². The lowest BCUT2D eigenvalue weighted by Crippen LogP contribution is -2.35. The molecule has 0 saturated carbocycles. The maximum Gasteiger partial charge on any atom is 0.173 e. The Balaban J connectivity index is 1.96. The molecule has 0 radical (unpaired) electrons. The number of anilines is 1. The Morgan fingerprint density at radius 3 is 3.05 bits per heavy atom. The van der Waals surface area contributed by atoms with E-state index in [9.17, 15) is 0 Å². The van der Waals surface area contributed by atoms with Crippen LogP contribution < -0.4 is 4.90 Å². The molecule has 3 heterocycles. The summed E-state index contributed by atoms with van der Waals surface area (Å²) in [5.41, 5.74) is 0. The molecule has 3 rings (SSSR count). The molecule has 2 aromatic rings. The number of aromatic amines is 1. The number of nitrogens with zero attached hydrogens (tertiary/aromatic N) is 5. The summed E-state index contributed by atoms with van der Waals surface area (Å²) in [6, 6.07) is 0.185. The lowest BCUT2D eigenvalue weighted by atomic mass is 10.0. The molecule has 1 atom stereocenters. The summed E-state index contributed by atoms with van der Waals surface area (Å²) >= 11 is 3.52. The maximum absolute atomic E-state index is 4.47. The first-order valence-electron chi connectivity index (χ1n) is 6.37. The standard InChI is InChI=1S/C12H15BrN6/c1-8-16-11(18-17-8)10-4-2-3-5-19(10)12-9(13)6-14-7-15-12/h6-7,10H,2-5H2,1H3,(H,16,17,18)/t10-/m0/s1. The number of hydrogen-bond acceptors (Lipinski definition) is 5. The predicted molar refractivity (Wildman–Crippen MR) is 74.8 cm³/mol. The minimum atomic E-state index is 0.185. The van der Waals surface area contributed by atoms with Crippen LogP contribution in [0.5, 0.6) is 0 Å². The largest absolute Gasteiger partial charge is 0.345 e. The van der Waals surface area contributed by atoms with E-state index >= 15 is 0 Å². The van der Waals surface area contributed by atoms with Gasteiger partial charge in [0.25, 0.3) is 0 Å². The Hall–Kier alpha value is -1.50. The Labute approximate surface area is 119 Å². The first-order chi connectivity index (χ1) is 9.25. The van der Waals surface area contributed by atoms with Crippen LogP contribution in [-0.4, -0.2) is 31.7 Å². The zero-order valence-corrected chi connectivity index (χ0v) is 12.3. The molecule has 0 bridgehead atoms. The van der Waals surface area contributed by atoms with Crippen LogP contribution in [0.3, 0.4) is 0 Å². The third kappa shape index (κ3) is 2.47. The van der Waals surface area contributed by atoms with Crippen molar-refractivity contribution in [3.63, 3.8) is 0 Å². The number of aromatic nitrogens is 5. The minimum absolute atomic E-state index is 0.185. The van der Waals surface area contributed by atoms with Gasteiger partial charge in [0.2, 0.25) is 0 Å². The molecule has 0 amide bonds. The van der Waals surface area contributed by atoms with Crippen molar-refractivity contribution >= 4 is 21.7 Å². The van der Waals surface area contributed by atoms with Gasteiger partial charge in [-0.2, -0.15) is 5.10 Å². The van der Waals surface area contributed by atoms with E-state index in [0.29, 0.717) is 0 Å². The number of nitrogens with one attached hydrogen (secondary N) is 1. The number of aryl methyl sites for hydroxylation is 1. The van der Waals surface area contributed by atoms with E-state index in [1.165, 1.54) is 6.42 Å². The van der Waals surface area contributed by atoms with E-state index < -0.39 is 0 Å². The molecule has 0 aliphatic carbocycles. The van der Waals surface area contributed by atoms with Gasteiger partial charge >= 0.3 is 0 Å². The SMILES string of the molecule is Cc1nc([C@@H]2CCCCN2c2ncncc2Br)n[nH]1. The zero-order valence-electron chi connectivity index (χ0n) is 10.7. The van der Waals surface area contributed by atoms with Gasteiger partial charge in [-0.15, -0.1) is 0 Å². The third-order valence-corrected chi connectivity index (χ3v) is 3.89. The highest BCUT2D eigenvalue weighted by molar-refractivity contribution is 9.10. The van der Waals surface area contributed by atoms with Crippen molar-refractivity contribution in [2.24, 2.45) is 0 Å². The second-order valence-corrected chi connectivity index (χ2v) is 5.53. The number of halogens is 1. The molecule has 1 N–H and O–H groups in total. The summed E-state index contributed by atoms with van der Waals surface area (Å²) in [7, 11) is 0. The van der Waals surface area contributed by atoms with Crippen LogP contribution in [-0.2, 0) is 0 Å². The molecular formula is C12H15BrN6. The van der Waals surface area contributed by atoms with E-state index in [1.54, 1.807) is 12.5 Å². The van der Waals surface area contributed by atoms with Gasteiger partial charge in [0.1, 0.15) is 18.0 Å². The smallest absolute Gasteiger partial charge is 0.173 e. The molecule has 2 aromatic heterocycles. The average molecular weight is 323 g/mol. The van der Waals surface area contributed by atoms with Crippen molar-refractivity contribution in [3.05, 3.63) is 28.6 Å². The summed E-state index contributed by atoms with van der Waals surface area (Å²) in [6.45, 7) is 2.89. The van der Waals surface area contributed by atoms with E-state index in [-0.39, 0.29) is 6.04 Å². The van der Waals surface area contributed by atoms with Gasteiger partial charge in [-0.1, -0.05) is 0 Å². The number of rotatable bonds is 2. The van der Waals surface area contributed by atoms with Crippen LogP contribution in [0.2, 0.25) is 0 Å². The van der Waals surface area contributed by atoms with Crippen molar-refractivity contribution in [1.29, 1.82) is 0 Å². The van der Waals surface area contributed by atoms with Gasteiger partial charge in [0.15, 0.2) is 5.82 Å². The molecule has 1 saturated heterocycles. The van der Waals surface area contributed by atoms with E-state index in [0.717, 1.165) is 41.3 Å². The molecule has 19 heavy (non-hydrogen) atoms. The molecular weight excluding hydrogens is 308 g/mol. The van der Waals surface area contributed by atoms with Gasteiger partial charge < -0.3 is 4.90 Å². The molecule has 1 fully saturated rings. The minimum Gasteiger partial charge on any atom is -0.345 e. The van der Waals surface area contributed by atoms with Crippen molar-refractivity contribution < 1.29 is 0 Å². The van der Waals surface area contributed by atoms with Crippen LogP contribution in [0.4, 0.5) is 5.82 Å². The molecule has 0 aromatic carbocycles. The Morgan fingerprint density at radius 1 is 1.42 bits per heavy atom. The molecule has 0 spiro atoms. The second kappa shape index (κ2) is 5.24. The van der Waals surface area contributed by atoms with E-state index in [1.807, 2.05) is 6.92 Å². The van der Waals surface area contributed by atoms with Gasteiger partial charge in [-0.25, -0.2) is 15.0 Å². The highest BCUT2D eigenvalue weighted by Crippen LogP contribution is 2.35. The van der Waals surface area contributed by atoms with Crippen molar-refractivity contribution in [2.45, 2.75) is 32.2 Å². The predicted octanol–water partition coefficient (Wildman–Crippen LogP) is 2.40. The Morgan fingerprint density at radius 2 is 2.32 bits per heavy atom. The van der Waals surface area contributed by atoms with Crippen LogP contribution in [0.15, 0.2) is 17.0 Å². The first-order valence-corrected chi connectivity index (χ1v) is 7.16. The van der Waals surface area contributed by atoms with Gasteiger partial charge in [-0.3, -0.25) is 5.10 Å². The molecule has 1 aliphatic heterocycles. The third-order valence-electron chi connectivity index (χ3n) is 3.34. The summed E-state index contributed by atoms with van der Waals surface area (Å²) in [5, 5.41) is 7.23. The average Bonchev–Trinajstić information content (AvgIpc) is 2.86. The van der Waals surface area contributed by atoms with Crippen LogP contribution in [0, 0.1) is 6.92 Å². The topological polar surface area (TPSA) is 70.6 Å². The lowest BCUT2D eigenvalue weighted by Gasteiger charge is -2.35. The highest BCUT2D eigenvalue weighted by atomic mass is 79.9. The lowest BCUT2D eigenvalue weighted by molar-refractivity contribution is 0.453. The fourth-order valence-corrected chi connectivity index (χ4v) is 2.93. The van der Waals surface area contributed by atoms with Crippen molar-refractivity contribution in [1.82, 2.24) is 25.1 Å². The van der Waals surface area contributed by atoms with Crippen LogP contribution in [0.25, 0.3) is 0 Å². The summed E-state index contributed by atoms with van der Waals surface area (Å²) in [4.78, 5) is 15.1.